The normalized spacial score (nSPS) is 15.0. The van der Waals surface area contributed by atoms with E-state index in [1.54, 1.807) is 12.1 Å². The number of hydrogen-bond acceptors (Lipinski definition) is 1. The lowest BCUT2D eigenvalue weighted by Crippen LogP contribution is -2.30. The molecule has 3 heteroatoms. The van der Waals surface area contributed by atoms with Crippen LogP contribution in [-0.4, -0.2) is 4.98 Å². The van der Waals surface area contributed by atoms with Gasteiger partial charge in [-0.25, -0.2) is 8.78 Å². The third kappa shape index (κ3) is 1.90. The van der Waals surface area contributed by atoms with Gasteiger partial charge in [0.25, 0.3) is 0 Å². The molecule has 1 aliphatic rings. The highest BCUT2D eigenvalue weighted by molar-refractivity contribution is 5.53. The number of fused-ring (bicyclic) bond motifs is 1. The van der Waals surface area contributed by atoms with Crippen LogP contribution in [0.5, 0.6) is 0 Å². The van der Waals surface area contributed by atoms with Crippen molar-refractivity contribution in [2.24, 2.45) is 0 Å². The number of halogens is 2. The molecule has 2 rings (SSSR count). The maximum atomic E-state index is 13.6. The van der Waals surface area contributed by atoms with Gasteiger partial charge in [-0.2, -0.15) is 0 Å². The van der Waals surface area contributed by atoms with Gasteiger partial charge in [0, 0.05) is 23.4 Å². The van der Waals surface area contributed by atoms with Crippen LogP contribution in [0.4, 0.5) is 8.78 Å². The van der Waals surface area contributed by atoms with Gasteiger partial charge in [0.15, 0.2) is 0 Å². The second-order valence-corrected chi connectivity index (χ2v) is 3.89. The number of rotatable bonds is 1. The van der Waals surface area contributed by atoms with Gasteiger partial charge in [-0.05, 0) is 25.0 Å². The standard InChI is InChI=1S/C13H13F2N/c1-3-12-8(2)6-10-11(15)7-9(14)4-5-13(10)16-12/h5-7H,3-4H2,1-2H3. The average molecular weight is 221 g/mol. The minimum atomic E-state index is -0.542. The van der Waals surface area contributed by atoms with Crippen molar-refractivity contribution in [3.63, 3.8) is 0 Å². The Kier molecular flexibility index (Phi) is 2.86. The third-order valence-electron chi connectivity index (χ3n) is 2.71. The Balaban J connectivity index is 2.80. The van der Waals surface area contributed by atoms with Crippen LogP contribution in [0.1, 0.15) is 24.6 Å². The van der Waals surface area contributed by atoms with Crippen LogP contribution in [0, 0.1) is 6.92 Å². The van der Waals surface area contributed by atoms with E-state index in [1.165, 1.54) is 0 Å². The second-order valence-electron chi connectivity index (χ2n) is 3.89. The summed E-state index contributed by atoms with van der Waals surface area (Å²) in [5.74, 6) is -1.01. The van der Waals surface area contributed by atoms with Crippen LogP contribution in [0.3, 0.4) is 0 Å². The van der Waals surface area contributed by atoms with E-state index in [2.05, 4.69) is 4.98 Å². The molecule has 1 aromatic heterocycles. The first-order valence-corrected chi connectivity index (χ1v) is 5.34. The molecule has 16 heavy (non-hydrogen) atoms. The van der Waals surface area contributed by atoms with Crippen molar-refractivity contribution >= 4 is 11.9 Å². The molecule has 0 spiro atoms. The lowest BCUT2D eigenvalue weighted by atomic mass is 10.1. The Morgan fingerprint density at radius 1 is 1.38 bits per heavy atom. The highest BCUT2D eigenvalue weighted by Gasteiger charge is 2.06. The van der Waals surface area contributed by atoms with Crippen molar-refractivity contribution < 1.29 is 8.78 Å². The number of aryl methyl sites for hydroxylation is 2. The van der Waals surface area contributed by atoms with E-state index in [4.69, 9.17) is 0 Å². The Morgan fingerprint density at radius 2 is 2.12 bits per heavy atom. The molecule has 0 aromatic carbocycles. The van der Waals surface area contributed by atoms with E-state index in [9.17, 15) is 8.78 Å². The number of aromatic nitrogens is 1. The van der Waals surface area contributed by atoms with Crippen LogP contribution >= 0.6 is 0 Å². The zero-order valence-corrected chi connectivity index (χ0v) is 9.35. The Bertz CT molecular complexity index is 570. The number of allylic oxidation sites excluding steroid dienone is 2. The summed E-state index contributed by atoms with van der Waals surface area (Å²) in [5, 5.41) is 0.936. The summed E-state index contributed by atoms with van der Waals surface area (Å²) >= 11 is 0. The summed E-state index contributed by atoms with van der Waals surface area (Å²) in [7, 11) is 0. The zero-order chi connectivity index (χ0) is 11.7. The fourth-order valence-electron chi connectivity index (χ4n) is 1.84. The molecule has 0 fully saturated rings. The van der Waals surface area contributed by atoms with Gasteiger partial charge in [-0.15, -0.1) is 0 Å². The van der Waals surface area contributed by atoms with Gasteiger partial charge in [0.1, 0.15) is 11.7 Å². The van der Waals surface area contributed by atoms with Crippen molar-refractivity contribution in [1.29, 1.82) is 0 Å². The monoisotopic (exact) mass is 221 g/mol. The number of nitrogens with zero attached hydrogens (tertiary/aromatic N) is 1. The maximum Gasteiger partial charge on any atom is 0.135 e. The summed E-state index contributed by atoms with van der Waals surface area (Å²) < 4.78 is 26.7. The van der Waals surface area contributed by atoms with E-state index in [0.29, 0.717) is 10.6 Å². The average Bonchev–Trinajstić information content (AvgIpc) is 2.38. The fraction of sp³-hybridized carbons (Fsp3) is 0.308. The van der Waals surface area contributed by atoms with Crippen molar-refractivity contribution in [2.45, 2.75) is 26.7 Å². The van der Waals surface area contributed by atoms with Gasteiger partial charge >= 0.3 is 0 Å². The lowest BCUT2D eigenvalue weighted by molar-refractivity contribution is 0.620. The van der Waals surface area contributed by atoms with Crippen LogP contribution in [-0.2, 0) is 6.42 Å². The van der Waals surface area contributed by atoms with Crippen molar-refractivity contribution in [2.75, 3.05) is 0 Å². The molecule has 84 valence electrons. The number of pyridine rings is 1. The maximum absolute atomic E-state index is 13.6. The molecule has 0 bridgehead atoms. The summed E-state index contributed by atoms with van der Waals surface area (Å²) in [6.45, 7) is 3.89. The van der Waals surface area contributed by atoms with Crippen LogP contribution in [0.15, 0.2) is 18.0 Å². The summed E-state index contributed by atoms with van der Waals surface area (Å²) in [5.41, 5.74) is 1.88. The van der Waals surface area contributed by atoms with Gasteiger partial charge in [-0.3, -0.25) is 4.98 Å². The molecular weight excluding hydrogens is 208 g/mol. The molecular formula is C13H13F2N. The first-order valence-electron chi connectivity index (χ1n) is 5.34. The first-order chi connectivity index (χ1) is 7.61. The van der Waals surface area contributed by atoms with Gasteiger partial charge in [0.05, 0.1) is 5.35 Å². The molecule has 1 aliphatic carbocycles. The highest BCUT2D eigenvalue weighted by Crippen LogP contribution is 2.11. The van der Waals surface area contributed by atoms with Crippen LogP contribution in [0.2, 0.25) is 0 Å². The molecule has 0 saturated carbocycles. The minimum Gasteiger partial charge on any atom is -0.253 e. The van der Waals surface area contributed by atoms with Crippen molar-refractivity contribution in [1.82, 2.24) is 4.98 Å². The van der Waals surface area contributed by atoms with E-state index >= 15 is 0 Å². The molecule has 0 atom stereocenters. The molecule has 0 saturated heterocycles. The Morgan fingerprint density at radius 3 is 2.81 bits per heavy atom. The number of hydrogen-bond donors (Lipinski definition) is 0. The van der Waals surface area contributed by atoms with E-state index in [1.807, 2.05) is 13.8 Å². The van der Waals surface area contributed by atoms with E-state index < -0.39 is 11.7 Å². The molecule has 1 aromatic rings. The van der Waals surface area contributed by atoms with Gasteiger partial charge in [0.2, 0.25) is 0 Å². The van der Waals surface area contributed by atoms with Gasteiger partial charge < -0.3 is 0 Å². The highest BCUT2D eigenvalue weighted by atomic mass is 19.1. The fourth-order valence-corrected chi connectivity index (χ4v) is 1.84. The van der Waals surface area contributed by atoms with E-state index in [-0.39, 0.29) is 6.42 Å². The smallest absolute Gasteiger partial charge is 0.135 e. The molecule has 0 aliphatic heterocycles. The SMILES string of the molecule is CCc1nc2c(cc1C)=C(F)C=C(F)CC=2. The summed E-state index contributed by atoms with van der Waals surface area (Å²) in [4.78, 5) is 4.36. The van der Waals surface area contributed by atoms with Gasteiger partial charge in [-0.1, -0.05) is 13.0 Å². The van der Waals surface area contributed by atoms with Crippen molar-refractivity contribution in [3.05, 3.63) is 39.8 Å². The molecule has 0 amide bonds. The zero-order valence-electron chi connectivity index (χ0n) is 9.35. The van der Waals surface area contributed by atoms with E-state index in [0.717, 1.165) is 23.8 Å². The van der Waals surface area contributed by atoms with Crippen LogP contribution in [0.25, 0.3) is 11.9 Å². The predicted molar refractivity (Wildman–Crippen MR) is 60.4 cm³/mol. The molecule has 1 heterocycles. The van der Waals surface area contributed by atoms with Crippen molar-refractivity contribution in [3.8, 4) is 0 Å². The lowest BCUT2D eigenvalue weighted by Gasteiger charge is -2.01. The summed E-state index contributed by atoms with van der Waals surface area (Å²) in [6, 6.07) is 1.74. The molecule has 0 N–H and O–H groups in total. The topological polar surface area (TPSA) is 12.9 Å². The largest absolute Gasteiger partial charge is 0.253 e. The predicted octanol–water partition coefficient (Wildman–Crippen LogP) is 2.07. The first kappa shape index (κ1) is 11.0. The molecule has 0 radical (unpaired) electrons. The quantitative estimate of drug-likeness (QED) is 0.707. The van der Waals surface area contributed by atoms with Crippen LogP contribution < -0.4 is 10.6 Å². The minimum absolute atomic E-state index is 0.111. The molecule has 0 unspecified atom stereocenters. The molecule has 1 nitrogen and oxygen atoms in total. The summed E-state index contributed by atoms with van der Waals surface area (Å²) in [6.07, 6.45) is 3.48. The second kappa shape index (κ2) is 4.16. The Hall–Kier alpha value is -1.51. The Labute approximate surface area is 92.8 Å². The third-order valence-corrected chi connectivity index (χ3v) is 2.71.